The van der Waals surface area contributed by atoms with Crippen LogP contribution in [-0.4, -0.2) is 31.3 Å². The molecule has 0 aliphatic heterocycles. The van der Waals surface area contributed by atoms with Crippen molar-refractivity contribution < 1.29 is 4.74 Å². The summed E-state index contributed by atoms with van der Waals surface area (Å²) < 4.78 is 5.77. The summed E-state index contributed by atoms with van der Waals surface area (Å²) in [5, 5.41) is 10.3. The van der Waals surface area contributed by atoms with Crippen LogP contribution in [0.15, 0.2) is 41.4 Å². The Labute approximate surface area is 142 Å². The molecule has 4 aromatic rings. The number of benzene rings is 1. The van der Waals surface area contributed by atoms with Crippen molar-refractivity contribution in [2.75, 3.05) is 0 Å². The normalized spacial score (nSPS) is 11.3. The van der Waals surface area contributed by atoms with Crippen LogP contribution < -0.4 is 4.74 Å². The summed E-state index contributed by atoms with van der Waals surface area (Å²) in [6.45, 7) is 4.00. The minimum atomic E-state index is 0.113. The number of fused-ring (bicyclic) bond motifs is 1. The number of aromatic nitrogens is 5. The van der Waals surface area contributed by atoms with Gasteiger partial charge in [0.1, 0.15) is 11.4 Å². The van der Waals surface area contributed by atoms with Crippen molar-refractivity contribution in [3.63, 3.8) is 0 Å². The molecule has 6 nitrogen and oxygen atoms in total. The lowest BCUT2D eigenvalue weighted by Gasteiger charge is -2.09. The van der Waals surface area contributed by atoms with E-state index >= 15 is 0 Å². The maximum Gasteiger partial charge on any atom is 0.181 e. The second kappa shape index (κ2) is 6.01. The summed E-state index contributed by atoms with van der Waals surface area (Å²) in [7, 11) is 0. The Morgan fingerprint density at radius 2 is 2.04 bits per heavy atom. The first-order valence-corrected chi connectivity index (χ1v) is 8.52. The molecular formula is C17H15N5OS. The quantitative estimate of drug-likeness (QED) is 0.610. The molecule has 24 heavy (non-hydrogen) atoms. The second-order valence-electron chi connectivity index (χ2n) is 5.59. The smallest absolute Gasteiger partial charge is 0.181 e. The van der Waals surface area contributed by atoms with E-state index < -0.39 is 0 Å². The molecule has 0 spiro atoms. The maximum atomic E-state index is 5.77. The van der Waals surface area contributed by atoms with Gasteiger partial charge in [0.25, 0.3) is 0 Å². The van der Waals surface area contributed by atoms with E-state index in [1.807, 2.05) is 43.5 Å². The topological polar surface area (TPSA) is 76.6 Å². The molecule has 1 N–H and O–H groups in total. The molecule has 0 bridgehead atoms. The number of nitrogens with zero attached hydrogens (tertiary/aromatic N) is 4. The summed E-state index contributed by atoms with van der Waals surface area (Å²) in [5.74, 6) is 1.37. The van der Waals surface area contributed by atoms with Gasteiger partial charge in [0.15, 0.2) is 5.82 Å². The fourth-order valence-electron chi connectivity index (χ4n) is 2.46. The third-order valence-corrected chi connectivity index (χ3v) is 4.05. The average Bonchev–Trinajstić information content (AvgIpc) is 3.24. The second-order valence-corrected chi connectivity index (χ2v) is 6.30. The third-order valence-electron chi connectivity index (χ3n) is 3.47. The number of thiazole rings is 1. The zero-order valence-corrected chi connectivity index (χ0v) is 14.0. The van der Waals surface area contributed by atoms with E-state index in [2.05, 4.69) is 25.1 Å². The van der Waals surface area contributed by atoms with Gasteiger partial charge in [-0.1, -0.05) is 0 Å². The molecule has 0 amide bonds. The summed E-state index contributed by atoms with van der Waals surface area (Å²) in [4.78, 5) is 13.3. The van der Waals surface area contributed by atoms with Crippen LogP contribution in [0, 0.1) is 0 Å². The summed E-state index contributed by atoms with van der Waals surface area (Å²) in [6, 6.07) is 7.69. The van der Waals surface area contributed by atoms with Crippen LogP contribution in [0.4, 0.5) is 0 Å². The fourth-order valence-corrected chi connectivity index (χ4v) is 3.01. The lowest BCUT2D eigenvalue weighted by molar-refractivity contribution is 0.243. The molecule has 0 saturated carbocycles. The van der Waals surface area contributed by atoms with Crippen LogP contribution in [0.5, 0.6) is 5.75 Å². The van der Waals surface area contributed by atoms with E-state index in [4.69, 9.17) is 4.74 Å². The Hall–Kier alpha value is -2.80. The Morgan fingerprint density at radius 3 is 2.83 bits per heavy atom. The fraction of sp³-hybridized carbons (Fsp3) is 0.176. The van der Waals surface area contributed by atoms with Gasteiger partial charge >= 0.3 is 0 Å². The minimum Gasteiger partial charge on any atom is -0.491 e. The zero-order valence-electron chi connectivity index (χ0n) is 13.2. The van der Waals surface area contributed by atoms with Crippen LogP contribution in [0.25, 0.3) is 33.8 Å². The van der Waals surface area contributed by atoms with Crippen LogP contribution in [-0.2, 0) is 0 Å². The average molecular weight is 337 g/mol. The molecule has 4 rings (SSSR count). The van der Waals surface area contributed by atoms with Gasteiger partial charge in [0.2, 0.25) is 0 Å². The highest BCUT2D eigenvalue weighted by Gasteiger charge is 2.13. The number of ether oxygens (including phenoxy) is 1. The van der Waals surface area contributed by atoms with Crippen molar-refractivity contribution in [2.45, 2.75) is 20.0 Å². The molecule has 0 atom stereocenters. The van der Waals surface area contributed by atoms with Crippen molar-refractivity contribution in [1.82, 2.24) is 25.1 Å². The molecule has 0 aliphatic carbocycles. The van der Waals surface area contributed by atoms with E-state index in [1.165, 1.54) is 11.3 Å². The highest BCUT2D eigenvalue weighted by Crippen LogP contribution is 2.28. The molecule has 0 saturated heterocycles. The van der Waals surface area contributed by atoms with Crippen LogP contribution in [0.2, 0.25) is 0 Å². The van der Waals surface area contributed by atoms with Gasteiger partial charge in [-0.3, -0.25) is 5.10 Å². The zero-order chi connectivity index (χ0) is 16.5. The largest absolute Gasteiger partial charge is 0.491 e. The highest BCUT2D eigenvalue weighted by molar-refractivity contribution is 7.07. The number of hydrogen-bond acceptors (Lipinski definition) is 6. The van der Waals surface area contributed by atoms with Gasteiger partial charge in [-0.15, -0.1) is 11.3 Å². The molecule has 0 aliphatic rings. The molecule has 120 valence electrons. The molecule has 0 radical (unpaired) electrons. The van der Waals surface area contributed by atoms with Crippen molar-refractivity contribution in [3.05, 3.63) is 41.4 Å². The Balaban J connectivity index is 1.80. The predicted octanol–water partition coefficient (Wildman–Crippen LogP) is 3.93. The first-order chi connectivity index (χ1) is 11.7. The molecule has 0 fully saturated rings. The summed E-state index contributed by atoms with van der Waals surface area (Å²) in [5.41, 5.74) is 5.04. The Morgan fingerprint density at radius 1 is 1.12 bits per heavy atom. The first-order valence-electron chi connectivity index (χ1n) is 7.57. The van der Waals surface area contributed by atoms with E-state index in [-0.39, 0.29) is 6.10 Å². The van der Waals surface area contributed by atoms with Crippen molar-refractivity contribution in [1.29, 1.82) is 0 Å². The van der Waals surface area contributed by atoms with Crippen molar-refractivity contribution in [3.8, 4) is 28.7 Å². The lowest BCUT2D eigenvalue weighted by atomic mass is 10.2. The van der Waals surface area contributed by atoms with Gasteiger partial charge in [0, 0.05) is 17.0 Å². The van der Waals surface area contributed by atoms with Crippen molar-refractivity contribution >= 4 is 22.2 Å². The number of nitrogens with one attached hydrogen (secondary N) is 1. The number of aromatic amines is 1. The first kappa shape index (κ1) is 14.8. The standard InChI is InChI=1S/C17H15N5OS/c1-10(2)23-11-3-4-13-12(7-11)16(22-21-13)17-18-6-5-14(20-17)15-8-24-9-19-15/h3-10H,1-2H3,(H,21,22). The lowest BCUT2D eigenvalue weighted by Crippen LogP contribution is -2.05. The van der Waals surface area contributed by atoms with Gasteiger partial charge in [0.05, 0.1) is 28.5 Å². The number of hydrogen-bond donors (Lipinski definition) is 1. The minimum absolute atomic E-state index is 0.113. The van der Waals surface area contributed by atoms with Crippen LogP contribution in [0.1, 0.15) is 13.8 Å². The van der Waals surface area contributed by atoms with Gasteiger partial charge in [-0.25, -0.2) is 15.0 Å². The van der Waals surface area contributed by atoms with E-state index in [9.17, 15) is 0 Å². The Bertz CT molecular complexity index is 978. The highest BCUT2D eigenvalue weighted by atomic mass is 32.1. The number of rotatable bonds is 4. The molecular weight excluding hydrogens is 322 g/mol. The third kappa shape index (κ3) is 2.74. The van der Waals surface area contributed by atoms with Gasteiger partial charge < -0.3 is 4.74 Å². The SMILES string of the molecule is CC(C)Oc1ccc2[nH]nc(-c3nccc(-c4cscn4)n3)c2c1. The van der Waals surface area contributed by atoms with Crippen molar-refractivity contribution in [2.24, 2.45) is 0 Å². The van der Waals surface area contributed by atoms with Gasteiger partial charge in [-0.05, 0) is 38.1 Å². The maximum absolute atomic E-state index is 5.77. The molecule has 3 aromatic heterocycles. The summed E-state index contributed by atoms with van der Waals surface area (Å²) in [6.07, 6.45) is 1.84. The Kier molecular flexibility index (Phi) is 3.70. The molecule has 0 unspecified atom stereocenters. The molecule has 7 heteroatoms. The monoisotopic (exact) mass is 337 g/mol. The predicted molar refractivity (Wildman–Crippen MR) is 94.0 cm³/mol. The van der Waals surface area contributed by atoms with E-state index in [0.717, 1.165) is 28.0 Å². The van der Waals surface area contributed by atoms with Gasteiger partial charge in [-0.2, -0.15) is 5.10 Å². The summed E-state index contributed by atoms with van der Waals surface area (Å²) >= 11 is 1.54. The van der Waals surface area contributed by atoms with E-state index in [0.29, 0.717) is 11.5 Å². The molecule has 1 aromatic carbocycles. The van der Waals surface area contributed by atoms with Crippen LogP contribution in [0.3, 0.4) is 0 Å². The van der Waals surface area contributed by atoms with Crippen LogP contribution >= 0.6 is 11.3 Å². The molecule has 3 heterocycles. The number of H-pyrrole nitrogens is 1. The van der Waals surface area contributed by atoms with E-state index in [1.54, 1.807) is 11.7 Å².